The van der Waals surface area contributed by atoms with Gasteiger partial charge in [-0.2, -0.15) is 0 Å². The number of fused-ring (bicyclic) bond motifs is 1. The fraction of sp³-hybridized carbons (Fsp3) is 0.227. The Morgan fingerprint density at radius 1 is 1.24 bits per heavy atom. The number of hydrogen-bond acceptors (Lipinski definition) is 5. The summed E-state index contributed by atoms with van der Waals surface area (Å²) in [4.78, 5) is 30.3. The van der Waals surface area contributed by atoms with E-state index in [-0.39, 0.29) is 17.6 Å². The molecule has 3 aromatic rings. The van der Waals surface area contributed by atoms with E-state index in [2.05, 4.69) is 15.3 Å². The second-order valence-electron chi connectivity index (χ2n) is 6.69. The maximum atomic E-state index is 12.6. The number of amides is 1. The Hall–Kier alpha value is -3.61. The average molecular weight is 391 g/mol. The van der Waals surface area contributed by atoms with Gasteiger partial charge in [-0.05, 0) is 42.3 Å². The first-order valence-corrected chi connectivity index (χ1v) is 9.49. The monoisotopic (exact) mass is 391 g/mol. The van der Waals surface area contributed by atoms with E-state index < -0.39 is 5.56 Å². The molecular weight excluding hydrogens is 370 g/mol. The SMILES string of the molecule is CCOc1cccc(-c2ccc3c(c2)C(NC(=O)c2cncc(=O)[nH]2)CCO3)c1. The summed E-state index contributed by atoms with van der Waals surface area (Å²) in [5, 5.41) is 2.98. The van der Waals surface area contributed by atoms with Crippen LogP contribution >= 0.6 is 0 Å². The standard InChI is InChI=1S/C22H21N3O4/c1-2-28-16-5-3-4-14(10-16)15-6-7-20-17(11-15)18(8-9-29-20)25-22(27)19-12-23-13-21(26)24-19/h3-7,10-13,18H,2,8-9H2,1H3,(H,24,26)(H,25,27). The van der Waals surface area contributed by atoms with E-state index in [0.29, 0.717) is 19.6 Å². The van der Waals surface area contributed by atoms with Gasteiger partial charge in [-0.15, -0.1) is 0 Å². The fourth-order valence-electron chi connectivity index (χ4n) is 3.38. The summed E-state index contributed by atoms with van der Waals surface area (Å²) in [6.45, 7) is 3.05. The molecule has 1 amide bonds. The lowest BCUT2D eigenvalue weighted by Gasteiger charge is -2.27. The minimum atomic E-state index is -0.415. The van der Waals surface area contributed by atoms with Crippen LogP contribution in [0.3, 0.4) is 0 Å². The molecule has 1 atom stereocenters. The van der Waals surface area contributed by atoms with Gasteiger partial charge in [0.2, 0.25) is 0 Å². The van der Waals surface area contributed by atoms with E-state index in [0.717, 1.165) is 34.4 Å². The van der Waals surface area contributed by atoms with E-state index in [1.807, 2.05) is 49.4 Å². The molecule has 0 radical (unpaired) electrons. The van der Waals surface area contributed by atoms with Crippen molar-refractivity contribution in [3.05, 3.63) is 76.5 Å². The third-order valence-electron chi connectivity index (χ3n) is 4.73. The number of H-pyrrole nitrogens is 1. The van der Waals surface area contributed by atoms with Crippen LogP contribution in [-0.2, 0) is 0 Å². The number of carbonyl (C=O) groups excluding carboxylic acids is 1. The summed E-state index contributed by atoms with van der Waals surface area (Å²) in [5.41, 5.74) is 2.64. The largest absolute Gasteiger partial charge is 0.494 e. The van der Waals surface area contributed by atoms with Crippen LogP contribution in [0, 0.1) is 0 Å². The van der Waals surface area contributed by atoms with Gasteiger partial charge in [0, 0.05) is 12.0 Å². The van der Waals surface area contributed by atoms with Crippen molar-refractivity contribution in [2.75, 3.05) is 13.2 Å². The quantitative estimate of drug-likeness (QED) is 0.697. The zero-order valence-corrected chi connectivity index (χ0v) is 16.0. The summed E-state index contributed by atoms with van der Waals surface area (Å²) in [6, 6.07) is 13.6. The predicted molar refractivity (Wildman–Crippen MR) is 108 cm³/mol. The summed E-state index contributed by atoms with van der Waals surface area (Å²) in [5.74, 6) is 1.17. The van der Waals surface area contributed by atoms with Crippen LogP contribution in [0.4, 0.5) is 0 Å². The molecule has 7 nitrogen and oxygen atoms in total. The third kappa shape index (κ3) is 4.13. The molecule has 0 saturated heterocycles. The Balaban J connectivity index is 1.62. The molecule has 4 rings (SSSR count). The predicted octanol–water partition coefficient (Wildman–Crippen LogP) is 3.09. The highest BCUT2D eigenvalue weighted by Gasteiger charge is 2.24. The highest BCUT2D eigenvalue weighted by molar-refractivity contribution is 5.92. The van der Waals surface area contributed by atoms with Crippen LogP contribution in [0.15, 0.2) is 59.7 Å². The van der Waals surface area contributed by atoms with Crippen molar-refractivity contribution >= 4 is 5.91 Å². The van der Waals surface area contributed by atoms with Gasteiger partial charge in [0.1, 0.15) is 17.2 Å². The molecule has 148 valence electrons. The molecule has 1 unspecified atom stereocenters. The number of aromatic amines is 1. The average Bonchev–Trinajstić information content (AvgIpc) is 2.74. The van der Waals surface area contributed by atoms with Gasteiger partial charge in [0.05, 0.1) is 31.6 Å². The molecular formula is C22H21N3O4. The van der Waals surface area contributed by atoms with Crippen LogP contribution < -0.4 is 20.3 Å². The van der Waals surface area contributed by atoms with E-state index in [1.165, 1.54) is 6.20 Å². The van der Waals surface area contributed by atoms with Crippen LogP contribution in [0.25, 0.3) is 11.1 Å². The van der Waals surface area contributed by atoms with Crippen LogP contribution in [0.1, 0.15) is 35.4 Å². The molecule has 0 aliphatic carbocycles. The Morgan fingerprint density at radius 2 is 2.10 bits per heavy atom. The Bertz CT molecular complexity index is 1090. The van der Waals surface area contributed by atoms with E-state index in [1.54, 1.807) is 0 Å². The lowest BCUT2D eigenvalue weighted by Crippen LogP contribution is -2.33. The first kappa shape index (κ1) is 18.7. The number of aromatic nitrogens is 2. The molecule has 1 aliphatic heterocycles. The number of ether oxygens (including phenoxy) is 2. The van der Waals surface area contributed by atoms with Gasteiger partial charge in [0.15, 0.2) is 0 Å². The maximum absolute atomic E-state index is 12.6. The Morgan fingerprint density at radius 3 is 2.93 bits per heavy atom. The second kappa shape index (κ2) is 8.18. The third-order valence-corrected chi connectivity index (χ3v) is 4.73. The minimum Gasteiger partial charge on any atom is -0.494 e. The van der Waals surface area contributed by atoms with Gasteiger partial charge >= 0.3 is 0 Å². The molecule has 0 bridgehead atoms. The number of rotatable bonds is 5. The summed E-state index contributed by atoms with van der Waals surface area (Å²) in [7, 11) is 0. The van der Waals surface area contributed by atoms with Gasteiger partial charge < -0.3 is 19.8 Å². The highest BCUT2D eigenvalue weighted by atomic mass is 16.5. The highest BCUT2D eigenvalue weighted by Crippen LogP contribution is 2.36. The number of carbonyl (C=O) groups is 1. The van der Waals surface area contributed by atoms with Crippen LogP contribution in [-0.4, -0.2) is 29.1 Å². The minimum absolute atomic E-state index is 0.131. The van der Waals surface area contributed by atoms with Crippen molar-refractivity contribution in [1.29, 1.82) is 0 Å². The van der Waals surface area contributed by atoms with E-state index in [4.69, 9.17) is 9.47 Å². The summed E-state index contributed by atoms with van der Waals surface area (Å²) >= 11 is 0. The zero-order chi connectivity index (χ0) is 20.2. The molecule has 2 N–H and O–H groups in total. The van der Waals surface area contributed by atoms with Gasteiger partial charge in [-0.1, -0.05) is 18.2 Å². The lowest BCUT2D eigenvalue weighted by atomic mass is 9.95. The number of nitrogens with zero attached hydrogens (tertiary/aromatic N) is 1. The Kier molecular flexibility index (Phi) is 5.29. The molecule has 1 aliphatic rings. The molecule has 0 spiro atoms. The van der Waals surface area contributed by atoms with Crippen LogP contribution in [0.2, 0.25) is 0 Å². The van der Waals surface area contributed by atoms with Crippen molar-refractivity contribution in [2.24, 2.45) is 0 Å². The second-order valence-corrected chi connectivity index (χ2v) is 6.69. The lowest BCUT2D eigenvalue weighted by molar-refractivity contribution is 0.0919. The van der Waals surface area contributed by atoms with Crippen molar-refractivity contribution in [3.63, 3.8) is 0 Å². The van der Waals surface area contributed by atoms with Crippen molar-refractivity contribution in [1.82, 2.24) is 15.3 Å². The molecule has 29 heavy (non-hydrogen) atoms. The summed E-state index contributed by atoms with van der Waals surface area (Å²) in [6.07, 6.45) is 3.10. The van der Waals surface area contributed by atoms with Crippen molar-refractivity contribution in [3.8, 4) is 22.6 Å². The molecule has 0 saturated carbocycles. The fourth-order valence-corrected chi connectivity index (χ4v) is 3.38. The van der Waals surface area contributed by atoms with Crippen LogP contribution in [0.5, 0.6) is 11.5 Å². The number of nitrogens with one attached hydrogen (secondary N) is 2. The number of hydrogen-bond donors (Lipinski definition) is 2. The van der Waals surface area contributed by atoms with Gasteiger partial charge in [0.25, 0.3) is 11.5 Å². The van der Waals surface area contributed by atoms with Crippen molar-refractivity contribution < 1.29 is 14.3 Å². The van der Waals surface area contributed by atoms with Gasteiger partial charge in [-0.3, -0.25) is 14.6 Å². The first-order valence-electron chi connectivity index (χ1n) is 9.49. The molecule has 2 heterocycles. The smallest absolute Gasteiger partial charge is 0.269 e. The normalized spacial score (nSPS) is 15.1. The maximum Gasteiger partial charge on any atom is 0.269 e. The van der Waals surface area contributed by atoms with Crippen molar-refractivity contribution in [2.45, 2.75) is 19.4 Å². The zero-order valence-electron chi connectivity index (χ0n) is 16.0. The molecule has 0 fully saturated rings. The molecule has 7 heteroatoms. The molecule has 2 aromatic carbocycles. The number of benzene rings is 2. The van der Waals surface area contributed by atoms with E-state index >= 15 is 0 Å². The van der Waals surface area contributed by atoms with Gasteiger partial charge in [-0.25, -0.2) is 0 Å². The first-order chi connectivity index (χ1) is 14.1. The summed E-state index contributed by atoms with van der Waals surface area (Å²) < 4.78 is 11.4. The topological polar surface area (TPSA) is 93.3 Å². The van der Waals surface area contributed by atoms with E-state index in [9.17, 15) is 9.59 Å². The molecule has 1 aromatic heterocycles. The Labute approximate surface area is 167 Å².